The molecule has 4 nitrogen and oxygen atoms in total. The topological polar surface area (TPSA) is 47.8 Å². The van der Waals surface area contributed by atoms with Crippen LogP contribution >= 0.6 is 23.4 Å². The summed E-state index contributed by atoms with van der Waals surface area (Å²) in [4.78, 5) is 22.7. The standard InChI is InChI=1S/C26H31ClFN3OSSi/c1-15(2)34(16(3)4,17(5)6)12-11-19-21-14-29-26(33-8)30-24(21)31(7)25(32)23(19)20-13-18(28)9-10-22(20)27/h9-10,13-17H,1-8H3. The van der Waals surface area contributed by atoms with E-state index in [2.05, 4.69) is 63.0 Å². The van der Waals surface area contributed by atoms with Gasteiger partial charge < -0.3 is 0 Å². The third kappa shape index (κ3) is 4.56. The number of pyridine rings is 1. The van der Waals surface area contributed by atoms with E-state index in [1.54, 1.807) is 13.2 Å². The van der Waals surface area contributed by atoms with Gasteiger partial charge in [0.2, 0.25) is 0 Å². The van der Waals surface area contributed by atoms with Crippen molar-refractivity contribution in [1.29, 1.82) is 0 Å². The van der Waals surface area contributed by atoms with E-state index >= 15 is 0 Å². The second-order valence-electron chi connectivity index (χ2n) is 9.48. The number of fused-ring (bicyclic) bond motifs is 1. The van der Waals surface area contributed by atoms with Gasteiger partial charge in [-0.1, -0.05) is 70.8 Å². The molecule has 0 radical (unpaired) electrons. The van der Waals surface area contributed by atoms with Crippen molar-refractivity contribution in [2.45, 2.75) is 63.3 Å². The number of aryl methyl sites for hydroxylation is 1. The monoisotopic (exact) mass is 515 g/mol. The van der Waals surface area contributed by atoms with Gasteiger partial charge in [0.15, 0.2) is 5.16 Å². The molecule has 1 aromatic carbocycles. The van der Waals surface area contributed by atoms with Crippen molar-refractivity contribution in [3.8, 4) is 22.6 Å². The van der Waals surface area contributed by atoms with Crippen molar-refractivity contribution in [1.82, 2.24) is 14.5 Å². The minimum atomic E-state index is -2.12. The molecule has 0 saturated carbocycles. The molecule has 0 saturated heterocycles. The quantitative estimate of drug-likeness (QED) is 0.158. The van der Waals surface area contributed by atoms with E-state index in [1.807, 2.05) is 6.26 Å². The highest BCUT2D eigenvalue weighted by Crippen LogP contribution is 2.41. The van der Waals surface area contributed by atoms with Crippen LogP contribution in [-0.2, 0) is 7.05 Å². The minimum absolute atomic E-state index is 0.284. The van der Waals surface area contributed by atoms with Gasteiger partial charge >= 0.3 is 0 Å². The maximum Gasteiger partial charge on any atom is 0.261 e. The molecule has 0 aliphatic carbocycles. The number of thioether (sulfide) groups is 1. The lowest BCUT2D eigenvalue weighted by Crippen LogP contribution is -2.43. The molecule has 0 aliphatic rings. The zero-order valence-electron chi connectivity index (χ0n) is 21.0. The average molecular weight is 516 g/mol. The third-order valence-corrected chi connectivity index (χ3v) is 13.9. The van der Waals surface area contributed by atoms with Crippen LogP contribution in [0.25, 0.3) is 22.2 Å². The Morgan fingerprint density at radius 3 is 2.29 bits per heavy atom. The van der Waals surface area contributed by atoms with E-state index in [1.165, 1.54) is 34.5 Å². The highest BCUT2D eigenvalue weighted by atomic mass is 35.5. The van der Waals surface area contributed by atoms with Gasteiger partial charge in [-0.15, -0.1) is 5.54 Å². The second-order valence-corrected chi connectivity index (χ2v) is 16.2. The molecule has 180 valence electrons. The number of aromatic nitrogens is 3. The van der Waals surface area contributed by atoms with Crippen LogP contribution in [0.3, 0.4) is 0 Å². The van der Waals surface area contributed by atoms with E-state index in [9.17, 15) is 9.18 Å². The lowest BCUT2D eigenvalue weighted by Gasteiger charge is -2.38. The van der Waals surface area contributed by atoms with Crippen LogP contribution in [0.1, 0.15) is 47.1 Å². The first-order chi connectivity index (χ1) is 15.9. The van der Waals surface area contributed by atoms with Crippen LogP contribution in [0, 0.1) is 17.3 Å². The summed E-state index contributed by atoms with van der Waals surface area (Å²) in [6, 6.07) is 4.05. The first kappa shape index (κ1) is 26.5. The Hall–Kier alpha value is -2.14. The Bertz CT molecular complexity index is 1340. The van der Waals surface area contributed by atoms with Gasteiger partial charge in [0.1, 0.15) is 19.5 Å². The van der Waals surface area contributed by atoms with E-state index < -0.39 is 13.9 Å². The van der Waals surface area contributed by atoms with E-state index in [0.717, 1.165) is 0 Å². The van der Waals surface area contributed by atoms with Gasteiger partial charge in [0, 0.05) is 29.4 Å². The molecule has 0 fully saturated rings. The van der Waals surface area contributed by atoms with Crippen molar-refractivity contribution in [3.05, 3.63) is 51.2 Å². The highest BCUT2D eigenvalue weighted by molar-refractivity contribution is 7.98. The van der Waals surface area contributed by atoms with Crippen LogP contribution < -0.4 is 5.56 Å². The SMILES string of the molecule is CSc1ncc2c(C#C[Si](C(C)C)(C(C)C)C(C)C)c(-c3cc(F)ccc3Cl)c(=O)n(C)c2n1. The Morgan fingerprint density at radius 1 is 1.12 bits per heavy atom. The summed E-state index contributed by atoms with van der Waals surface area (Å²) in [6.07, 6.45) is 3.59. The summed E-state index contributed by atoms with van der Waals surface area (Å²) in [7, 11) is -0.459. The number of hydrogen-bond acceptors (Lipinski definition) is 4. The number of hydrogen-bond donors (Lipinski definition) is 0. The predicted molar refractivity (Wildman–Crippen MR) is 145 cm³/mol. The summed E-state index contributed by atoms with van der Waals surface area (Å²) in [5.74, 6) is 2.95. The van der Waals surface area contributed by atoms with Gasteiger partial charge in [-0.25, -0.2) is 14.4 Å². The summed E-state index contributed by atoms with van der Waals surface area (Å²) < 4.78 is 15.7. The van der Waals surface area contributed by atoms with Gasteiger partial charge in [-0.3, -0.25) is 9.36 Å². The molecule has 0 unspecified atom stereocenters. The van der Waals surface area contributed by atoms with E-state index in [-0.39, 0.29) is 11.1 Å². The molecule has 3 aromatic rings. The fourth-order valence-corrected chi connectivity index (χ4v) is 10.8. The van der Waals surface area contributed by atoms with Crippen molar-refractivity contribution >= 4 is 42.5 Å². The fraction of sp³-hybridized carbons (Fsp3) is 0.423. The second kappa shape index (κ2) is 10.2. The molecule has 34 heavy (non-hydrogen) atoms. The van der Waals surface area contributed by atoms with Crippen LogP contribution in [0.5, 0.6) is 0 Å². The molecule has 2 aromatic heterocycles. The summed E-state index contributed by atoms with van der Waals surface area (Å²) in [6.45, 7) is 13.4. The largest absolute Gasteiger partial charge is 0.295 e. The first-order valence-electron chi connectivity index (χ1n) is 11.4. The Morgan fingerprint density at radius 2 is 1.74 bits per heavy atom. The molecule has 0 N–H and O–H groups in total. The maximum absolute atomic E-state index is 14.3. The van der Waals surface area contributed by atoms with Crippen LogP contribution in [0.2, 0.25) is 21.6 Å². The van der Waals surface area contributed by atoms with Gasteiger partial charge in [0.25, 0.3) is 5.56 Å². The minimum Gasteiger partial charge on any atom is -0.295 e. The van der Waals surface area contributed by atoms with Crippen molar-refractivity contribution < 1.29 is 4.39 Å². The molecule has 8 heteroatoms. The summed E-state index contributed by atoms with van der Waals surface area (Å²) >= 11 is 7.88. The molecular formula is C26H31ClFN3OSSi. The Labute approximate surface area is 211 Å². The Balaban J connectivity index is 2.53. The van der Waals surface area contributed by atoms with E-state index in [0.29, 0.717) is 49.0 Å². The number of benzene rings is 1. The molecule has 3 rings (SSSR count). The van der Waals surface area contributed by atoms with Crippen LogP contribution in [0.15, 0.2) is 34.3 Å². The van der Waals surface area contributed by atoms with Crippen LogP contribution in [-0.4, -0.2) is 28.9 Å². The first-order valence-corrected chi connectivity index (χ1v) is 15.2. The summed E-state index contributed by atoms with van der Waals surface area (Å²) in [5, 5.41) is 1.51. The molecule has 0 amide bonds. The third-order valence-electron chi connectivity index (χ3n) is 6.75. The number of rotatable bonds is 5. The highest BCUT2D eigenvalue weighted by Gasteiger charge is 2.41. The molecular weight excluding hydrogens is 485 g/mol. The van der Waals surface area contributed by atoms with E-state index in [4.69, 9.17) is 11.6 Å². The van der Waals surface area contributed by atoms with Gasteiger partial charge in [-0.05, 0) is 41.1 Å². The van der Waals surface area contributed by atoms with Crippen molar-refractivity contribution in [2.75, 3.05) is 6.26 Å². The lowest BCUT2D eigenvalue weighted by molar-refractivity contribution is 0.628. The lowest BCUT2D eigenvalue weighted by atomic mass is 9.99. The van der Waals surface area contributed by atoms with Gasteiger partial charge in [0.05, 0.1) is 10.9 Å². The summed E-state index contributed by atoms with van der Waals surface area (Å²) in [5.41, 5.74) is 6.25. The molecule has 2 heterocycles. The maximum atomic E-state index is 14.3. The van der Waals surface area contributed by atoms with Gasteiger partial charge in [-0.2, -0.15) is 0 Å². The van der Waals surface area contributed by atoms with Crippen molar-refractivity contribution in [2.24, 2.45) is 7.05 Å². The molecule has 0 aliphatic heterocycles. The number of nitrogens with zero attached hydrogens (tertiary/aromatic N) is 3. The molecule has 0 spiro atoms. The Kier molecular flexibility index (Phi) is 7.96. The molecule has 0 bridgehead atoms. The normalized spacial score (nSPS) is 12.0. The fourth-order valence-electron chi connectivity index (χ4n) is 5.07. The number of halogens is 2. The molecule has 0 atom stereocenters. The zero-order valence-corrected chi connectivity index (χ0v) is 23.5. The average Bonchev–Trinajstić information content (AvgIpc) is 2.78. The zero-order chi connectivity index (χ0) is 25.4. The smallest absolute Gasteiger partial charge is 0.261 e. The predicted octanol–water partition coefficient (Wildman–Crippen LogP) is 7.08. The van der Waals surface area contributed by atoms with Crippen molar-refractivity contribution in [3.63, 3.8) is 0 Å². The van der Waals surface area contributed by atoms with Crippen LogP contribution in [0.4, 0.5) is 4.39 Å².